The summed E-state index contributed by atoms with van der Waals surface area (Å²) in [5, 5.41) is 21.7. The standard InChI is InChI=1S/C21H13N5O2/c22-9-7-15-13-27-19-11-17(5-6-18(15)19)28-20-8-10-24-21(26-20)25-16-3-1-14(12-23)2-4-16/h1-6,8,10-11,13H,7H2,(H,24,25,26). The van der Waals surface area contributed by atoms with E-state index in [1.165, 1.54) is 0 Å². The van der Waals surface area contributed by atoms with Gasteiger partial charge in [-0.1, -0.05) is 0 Å². The maximum atomic E-state index is 8.86. The molecule has 134 valence electrons. The summed E-state index contributed by atoms with van der Waals surface area (Å²) in [5.74, 6) is 1.31. The quantitative estimate of drug-likeness (QED) is 0.545. The van der Waals surface area contributed by atoms with E-state index in [4.69, 9.17) is 19.7 Å². The Hall–Kier alpha value is -4.36. The molecule has 0 aliphatic rings. The van der Waals surface area contributed by atoms with E-state index in [9.17, 15) is 0 Å². The largest absolute Gasteiger partial charge is 0.464 e. The van der Waals surface area contributed by atoms with E-state index in [0.29, 0.717) is 35.1 Å². The molecule has 0 amide bonds. The van der Waals surface area contributed by atoms with Crippen molar-refractivity contribution in [2.75, 3.05) is 5.32 Å². The molecule has 2 aromatic carbocycles. The molecule has 7 nitrogen and oxygen atoms in total. The van der Waals surface area contributed by atoms with E-state index in [1.807, 2.05) is 6.07 Å². The first kappa shape index (κ1) is 17.1. The summed E-state index contributed by atoms with van der Waals surface area (Å²) in [6, 6.07) is 18.2. The molecule has 0 spiro atoms. The number of fused-ring (bicyclic) bond motifs is 1. The van der Waals surface area contributed by atoms with Gasteiger partial charge >= 0.3 is 0 Å². The number of ether oxygens (including phenoxy) is 1. The Bertz CT molecular complexity index is 1220. The molecule has 0 unspecified atom stereocenters. The first-order valence-corrected chi connectivity index (χ1v) is 8.40. The summed E-state index contributed by atoms with van der Waals surface area (Å²) in [4.78, 5) is 8.51. The summed E-state index contributed by atoms with van der Waals surface area (Å²) in [7, 11) is 0. The number of nitrogens with zero attached hydrogens (tertiary/aromatic N) is 4. The average Bonchev–Trinajstić information content (AvgIpc) is 3.11. The Morgan fingerprint density at radius 1 is 1.07 bits per heavy atom. The highest BCUT2D eigenvalue weighted by atomic mass is 16.5. The van der Waals surface area contributed by atoms with Crippen molar-refractivity contribution in [2.45, 2.75) is 6.42 Å². The Kier molecular flexibility index (Phi) is 4.56. The lowest BCUT2D eigenvalue weighted by molar-refractivity contribution is 0.462. The number of nitriles is 2. The van der Waals surface area contributed by atoms with Crippen LogP contribution in [0.15, 0.2) is 65.4 Å². The van der Waals surface area contributed by atoms with Gasteiger partial charge in [-0.15, -0.1) is 0 Å². The van der Waals surface area contributed by atoms with Gasteiger partial charge < -0.3 is 14.5 Å². The van der Waals surface area contributed by atoms with Crippen molar-refractivity contribution in [3.8, 4) is 23.8 Å². The van der Waals surface area contributed by atoms with Crippen molar-refractivity contribution in [3.63, 3.8) is 0 Å². The highest BCUT2D eigenvalue weighted by Gasteiger charge is 2.08. The normalized spacial score (nSPS) is 10.2. The molecule has 1 N–H and O–H groups in total. The molecule has 0 saturated heterocycles. The molecule has 0 fully saturated rings. The molecule has 0 atom stereocenters. The lowest BCUT2D eigenvalue weighted by Gasteiger charge is -2.08. The van der Waals surface area contributed by atoms with E-state index in [-0.39, 0.29) is 0 Å². The van der Waals surface area contributed by atoms with E-state index >= 15 is 0 Å². The molecule has 0 bridgehead atoms. The Morgan fingerprint density at radius 2 is 1.93 bits per heavy atom. The SMILES string of the molecule is N#CCc1coc2cc(Oc3ccnc(Nc4ccc(C#N)cc4)n3)ccc12. The number of hydrogen-bond donors (Lipinski definition) is 1. The number of benzene rings is 2. The van der Waals surface area contributed by atoms with Crippen molar-refractivity contribution >= 4 is 22.6 Å². The summed E-state index contributed by atoms with van der Waals surface area (Å²) in [5.41, 5.74) is 2.83. The topological polar surface area (TPSA) is 108 Å². The maximum Gasteiger partial charge on any atom is 0.230 e. The smallest absolute Gasteiger partial charge is 0.230 e. The molecule has 0 aliphatic carbocycles. The molecule has 4 aromatic rings. The average molecular weight is 367 g/mol. The Labute approximate surface area is 160 Å². The highest BCUT2D eigenvalue weighted by Crippen LogP contribution is 2.28. The number of furan rings is 1. The summed E-state index contributed by atoms with van der Waals surface area (Å²) < 4.78 is 11.3. The third-order valence-corrected chi connectivity index (χ3v) is 4.02. The Morgan fingerprint density at radius 3 is 2.71 bits per heavy atom. The molecule has 7 heteroatoms. The second kappa shape index (κ2) is 7.48. The van der Waals surface area contributed by atoms with Gasteiger partial charge in [0.25, 0.3) is 0 Å². The number of aromatic nitrogens is 2. The van der Waals surface area contributed by atoms with Crippen LogP contribution in [0.1, 0.15) is 11.1 Å². The highest BCUT2D eigenvalue weighted by molar-refractivity contribution is 5.82. The van der Waals surface area contributed by atoms with Crippen LogP contribution in [0.4, 0.5) is 11.6 Å². The van der Waals surface area contributed by atoms with Crippen LogP contribution in [0, 0.1) is 22.7 Å². The second-order valence-corrected chi connectivity index (χ2v) is 5.89. The number of rotatable bonds is 5. The third-order valence-electron chi connectivity index (χ3n) is 4.02. The first-order valence-electron chi connectivity index (χ1n) is 8.40. The van der Waals surface area contributed by atoms with Crippen molar-refractivity contribution in [3.05, 3.63) is 72.1 Å². The van der Waals surface area contributed by atoms with Crippen LogP contribution >= 0.6 is 0 Å². The molecule has 2 heterocycles. The minimum Gasteiger partial charge on any atom is -0.464 e. The fraction of sp³-hybridized carbons (Fsp3) is 0.0476. The monoisotopic (exact) mass is 367 g/mol. The van der Waals surface area contributed by atoms with Crippen LogP contribution in [-0.2, 0) is 6.42 Å². The zero-order valence-electron chi connectivity index (χ0n) is 14.6. The lowest BCUT2D eigenvalue weighted by atomic mass is 10.1. The van der Waals surface area contributed by atoms with Crippen molar-refractivity contribution in [1.29, 1.82) is 10.5 Å². The molecule has 0 aliphatic heterocycles. The lowest BCUT2D eigenvalue weighted by Crippen LogP contribution is -1.98. The number of nitrogens with one attached hydrogen (secondary N) is 1. The Balaban J connectivity index is 1.52. The van der Waals surface area contributed by atoms with Gasteiger partial charge in [-0.25, -0.2) is 4.98 Å². The summed E-state index contributed by atoms with van der Waals surface area (Å²) >= 11 is 0. The number of hydrogen-bond acceptors (Lipinski definition) is 7. The van der Waals surface area contributed by atoms with Gasteiger partial charge in [-0.05, 0) is 36.4 Å². The molecule has 28 heavy (non-hydrogen) atoms. The van der Waals surface area contributed by atoms with Crippen molar-refractivity contribution in [1.82, 2.24) is 9.97 Å². The molecule has 0 radical (unpaired) electrons. The van der Waals surface area contributed by atoms with Gasteiger partial charge in [0.1, 0.15) is 11.3 Å². The van der Waals surface area contributed by atoms with Gasteiger partial charge in [-0.2, -0.15) is 15.5 Å². The van der Waals surface area contributed by atoms with Crippen LogP contribution in [0.2, 0.25) is 0 Å². The fourth-order valence-electron chi connectivity index (χ4n) is 2.69. The molecule has 0 saturated carbocycles. The number of anilines is 2. The van der Waals surface area contributed by atoms with E-state index in [2.05, 4.69) is 27.4 Å². The fourth-order valence-corrected chi connectivity index (χ4v) is 2.69. The summed E-state index contributed by atoms with van der Waals surface area (Å²) in [6.45, 7) is 0. The molecular formula is C21H13N5O2. The minimum absolute atomic E-state index is 0.295. The molecule has 4 rings (SSSR count). The van der Waals surface area contributed by atoms with Gasteiger partial charge in [0.15, 0.2) is 0 Å². The van der Waals surface area contributed by atoms with Gasteiger partial charge in [0.05, 0.1) is 30.4 Å². The predicted molar refractivity (Wildman–Crippen MR) is 102 cm³/mol. The third kappa shape index (κ3) is 3.59. The summed E-state index contributed by atoms with van der Waals surface area (Å²) in [6.07, 6.45) is 3.47. The van der Waals surface area contributed by atoms with Crippen LogP contribution < -0.4 is 10.1 Å². The van der Waals surface area contributed by atoms with Gasteiger partial charge in [-0.3, -0.25) is 0 Å². The molecular weight excluding hydrogens is 354 g/mol. The molecule has 2 aromatic heterocycles. The van der Waals surface area contributed by atoms with E-state index < -0.39 is 0 Å². The van der Waals surface area contributed by atoms with Crippen LogP contribution in [0.3, 0.4) is 0 Å². The zero-order valence-corrected chi connectivity index (χ0v) is 14.6. The zero-order chi connectivity index (χ0) is 19.3. The van der Waals surface area contributed by atoms with Crippen molar-refractivity contribution in [2.24, 2.45) is 0 Å². The van der Waals surface area contributed by atoms with Gasteiger partial charge in [0, 0.05) is 35.0 Å². The van der Waals surface area contributed by atoms with Crippen molar-refractivity contribution < 1.29 is 9.15 Å². The minimum atomic E-state index is 0.295. The maximum absolute atomic E-state index is 8.86. The van der Waals surface area contributed by atoms with E-state index in [0.717, 1.165) is 16.6 Å². The second-order valence-electron chi connectivity index (χ2n) is 5.89. The van der Waals surface area contributed by atoms with Gasteiger partial charge in [0.2, 0.25) is 11.8 Å². The van der Waals surface area contributed by atoms with Crippen LogP contribution in [-0.4, -0.2) is 9.97 Å². The first-order chi connectivity index (χ1) is 13.7. The van der Waals surface area contributed by atoms with Crippen LogP contribution in [0.5, 0.6) is 11.6 Å². The van der Waals surface area contributed by atoms with Crippen LogP contribution in [0.25, 0.3) is 11.0 Å². The predicted octanol–water partition coefficient (Wildman–Crippen LogP) is 4.70. The van der Waals surface area contributed by atoms with E-state index in [1.54, 1.807) is 54.9 Å².